The number of halogens is 1. The van der Waals surface area contributed by atoms with Crippen molar-refractivity contribution in [3.05, 3.63) is 0 Å². The molecule has 0 N–H and O–H groups in total. The van der Waals surface area contributed by atoms with Gasteiger partial charge in [0.05, 0.1) is 6.61 Å². The molecule has 0 aromatic heterocycles. The molecule has 0 aromatic rings. The Morgan fingerprint density at radius 3 is 2.75 bits per heavy atom. The molecule has 0 fully saturated rings. The zero-order chi connectivity index (χ0) is 9.40. The van der Waals surface area contributed by atoms with Crippen molar-refractivity contribution in [2.24, 2.45) is 0 Å². The van der Waals surface area contributed by atoms with Crippen molar-refractivity contribution in [3.63, 3.8) is 0 Å². The predicted octanol–water partition coefficient (Wildman–Crippen LogP) is 2.30. The second kappa shape index (κ2) is 7.74. The van der Waals surface area contributed by atoms with Crippen LogP contribution in [0, 0.1) is 0 Å². The highest BCUT2D eigenvalue weighted by Crippen LogP contribution is 2.10. The first-order valence-corrected chi connectivity index (χ1v) is 5.69. The number of alkyl halides is 1. The second-order valence-corrected chi connectivity index (χ2v) is 4.13. The third kappa shape index (κ3) is 5.72. The van der Waals surface area contributed by atoms with E-state index in [0.29, 0.717) is 13.0 Å². The molecule has 0 saturated carbocycles. The molecule has 1 atom stereocenters. The highest BCUT2D eigenvalue weighted by Gasteiger charge is 2.15. The third-order valence-electron chi connectivity index (χ3n) is 1.26. The maximum atomic E-state index is 11.0. The molecule has 0 aromatic carbocycles. The Labute approximate surface area is 83.0 Å². The molecule has 2 nitrogen and oxygen atoms in total. The summed E-state index contributed by atoms with van der Waals surface area (Å²) in [5.41, 5.74) is 0. The second-order valence-electron chi connectivity index (χ2n) is 2.21. The summed E-state index contributed by atoms with van der Waals surface area (Å²) in [6.45, 7) is 4.27. The van der Waals surface area contributed by atoms with E-state index >= 15 is 0 Å². The third-order valence-corrected chi connectivity index (χ3v) is 2.59. The van der Waals surface area contributed by atoms with Gasteiger partial charge in [-0.05, 0) is 24.9 Å². The predicted molar refractivity (Wildman–Crippen MR) is 53.9 cm³/mol. The summed E-state index contributed by atoms with van der Waals surface area (Å²) < 4.78 is 4.75. The summed E-state index contributed by atoms with van der Waals surface area (Å²) in [5, 5.41) is -0.469. The van der Waals surface area contributed by atoms with Crippen molar-refractivity contribution >= 4 is 29.3 Å². The van der Waals surface area contributed by atoms with Crippen LogP contribution in [0.15, 0.2) is 0 Å². The monoisotopic (exact) mass is 210 g/mol. The Kier molecular flexibility index (Phi) is 7.81. The van der Waals surface area contributed by atoms with Crippen LogP contribution in [0.1, 0.15) is 20.3 Å². The van der Waals surface area contributed by atoms with Crippen LogP contribution >= 0.6 is 23.4 Å². The molecule has 0 bridgehead atoms. The first-order chi connectivity index (χ1) is 5.72. The molecule has 0 aliphatic carbocycles. The van der Waals surface area contributed by atoms with Crippen molar-refractivity contribution in [2.75, 3.05) is 18.1 Å². The Balaban J connectivity index is 3.42. The average Bonchev–Trinajstić information content (AvgIpc) is 2.05. The molecule has 0 radical (unpaired) electrons. The molecular formula is C8H15ClO2S. The van der Waals surface area contributed by atoms with E-state index in [-0.39, 0.29) is 5.97 Å². The van der Waals surface area contributed by atoms with Crippen LogP contribution in [0.2, 0.25) is 0 Å². The topological polar surface area (TPSA) is 26.3 Å². The smallest absolute Gasteiger partial charge is 0.324 e. The zero-order valence-electron chi connectivity index (χ0n) is 7.51. The van der Waals surface area contributed by atoms with E-state index < -0.39 is 5.38 Å². The van der Waals surface area contributed by atoms with Gasteiger partial charge in [-0.2, -0.15) is 11.8 Å². The van der Waals surface area contributed by atoms with Gasteiger partial charge >= 0.3 is 5.97 Å². The molecule has 4 heteroatoms. The fraction of sp³-hybridized carbons (Fsp3) is 0.875. The number of carbonyl (C=O) groups is 1. The van der Waals surface area contributed by atoms with E-state index in [4.69, 9.17) is 16.3 Å². The minimum Gasteiger partial charge on any atom is -0.465 e. The van der Waals surface area contributed by atoms with E-state index in [1.807, 2.05) is 0 Å². The Hall–Kier alpha value is 0.110. The van der Waals surface area contributed by atoms with Gasteiger partial charge in [-0.25, -0.2) is 0 Å². The number of rotatable bonds is 6. The molecule has 0 amide bonds. The van der Waals surface area contributed by atoms with Crippen molar-refractivity contribution < 1.29 is 9.53 Å². The average molecular weight is 211 g/mol. The number of hydrogen-bond donors (Lipinski definition) is 0. The maximum absolute atomic E-state index is 11.0. The molecule has 0 heterocycles. The highest BCUT2D eigenvalue weighted by molar-refractivity contribution is 7.99. The quantitative estimate of drug-likeness (QED) is 0.382. The first kappa shape index (κ1) is 12.1. The summed E-state index contributed by atoms with van der Waals surface area (Å²) in [4.78, 5) is 11.0. The van der Waals surface area contributed by atoms with Gasteiger partial charge in [0.15, 0.2) is 0 Å². The Bertz CT molecular complexity index is 130. The van der Waals surface area contributed by atoms with E-state index in [9.17, 15) is 4.79 Å². The van der Waals surface area contributed by atoms with Crippen LogP contribution in [-0.2, 0) is 9.53 Å². The normalized spacial score (nSPS) is 12.6. The Morgan fingerprint density at radius 1 is 1.58 bits per heavy atom. The van der Waals surface area contributed by atoms with E-state index in [1.165, 1.54) is 0 Å². The molecular weight excluding hydrogens is 196 g/mol. The van der Waals surface area contributed by atoms with Gasteiger partial charge < -0.3 is 4.74 Å². The van der Waals surface area contributed by atoms with Gasteiger partial charge in [0, 0.05) is 0 Å². The van der Waals surface area contributed by atoms with Crippen LogP contribution in [0.3, 0.4) is 0 Å². The van der Waals surface area contributed by atoms with Gasteiger partial charge in [0.1, 0.15) is 5.38 Å². The number of thioether (sulfide) groups is 1. The highest BCUT2D eigenvalue weighted by atomic mass is 35.5. The van der Waals surface area contributed by atoms with Gasteiger partial charge in [-0.1, -0.05) is 6.92 Å². The summed E-state index contributed by atoms with van der Waals surface area (Å²) >= 11 is 7.54. The van der Waals surface area contributed by atoms with Crippen LogP contribution in [-0.4, -0.2) is 29.5 Å². The summed E-state index contributed by atoms with van der Waals surface area (Å²) in [6, 6.07) is 0. The maximum Gasteiger partial charge on any atom is 0.324 e. The fourth-order valence-electron chi connectivity index (χ4n) is 0.682. The lowest BCUT2D eigenvalue weighted by Crippen LogP contribution is -2.18. The Morgan fingerprint density at radius 2 is 2.25 bits per heavy atom. The number of hydrogen-bond acceptors (Lipinski definition) is 3. The molecule has 0 aliphatic heterocycles. The summed E-state index contributed by atoms with van der Waals surface area (Å²) in [7, 11) is 0. The first-order valence-electron chi connectivity index (χ1n) is 4.10. The van der Waals surface area contributed by atoms with Crippen molar-refractivity contribution in [3.8, 4) is 0 Å². The van der Waals surface area contributed by atoms with Gasteiger partial charge in [-0.15, -0.1) is 11.6 Å². The molecule has 0 aliphatic rings. The SMILES string of the molecule is CCOC(=O)C(Cl)CCSCC. The number of ether oxygens (including phenoxy) is 1. The summed E-state index contributed by atoms with van der Waals surface area (Å²) in [5.74, 6) is 1.69. The van der Waals surface area contributed by atoms with Crippen LogP contribution in [0.25, 0.3) is 0 Å². The molecule has 1 unspecified atom stereocenters. The van der Waals surface area contributed by atoms with E-state index in [2.05, 4.69) is 6.92 Å². The van der Waals surface area contributed by atoms with Crippen molar-refractivity contribution in [2.45, 2.75) is 25.6 Å². The van der Waals surface area contributed by atoms with Gasteiger partial charge in [0.2, 0.25) is 0 Å². The zero-order valence-corrected chi connectivity index (χ0v) is 9.08. The van der Waals surface area contributed by atoms with E-state index in [0.717, 1.165) is 11.5 Å². The fourth-order valence-corrected chi connectivity index (χ4v) is 1.67. The lowest BCUT2D eigenvalue weighted by molar-refractivity contribution is -0.142. The molecule has 12 heavy (non-hydrogen) atoms. The van der Waals surface area contributed by atoms with Gasteiger partial charge in [-0.3, -0.25) is 4.79 Å². The van der Waals surface area contributed by atoms with Crippen molar-refractivity contribution in [1.29, 1.82) is 0 Å². The molecule has 0 rings (SSSR count). The largest absolute Gasteiger partial charge is 0.465 e. The lowest BCUT2D eigenvalue weighted by atomic mass is 10.3. The molecule has 72 valence electrons. The van der Waals surface area contributed by atoms with Crippen LogP contribution < -0.4 is 0 Å². The van der Waals surface area contributed by atoms with Crippen LogP contribution in [0.5, 0.6) is 0 Å². The minimum atomic E-state index is -0.469. The van der Waals surface area contributed by atoms with Crippen LogP contribution in [0.4, 0.5) is 0 Å². The van der Waals surface area contributed by atoms with E-state index in [1.54, 1.807) is 18.7 Å². The van der Waals surface area contributed by atoms with Crippen molar-refractivity contribution in [1.82, 2.24) is 0 Å². The van der Waals surface area contributed by atoms with Gasteiger partial charge in [0.25, 0.3) is 0 Å². The molecule has 0 saturated heterocycles. The summed E-state index contributed by atoms with van der Waals surface area (Å²) in [6.07, 6.45) is 0.693. The minimum absolute atomic E-state index is 0.295. The number of esters is 1. The number of carbonyl (C=O) groups excluding carboxylic acids is 1. The lowest BCUT2D eigenvalue weighted by Gasteiger charge is -2.07. The molecule has 0 spiro atoms. The standard InChI is InChI=1S/C8H15ClO2S/c1-3-11-8(10)7(9)5-6-12-4-2/h7H,3-6H2,1-2H3.